The second-order valence-electron chi connectivity index (χ2n) is 4.79. The summed E-state index contributed by atoms with van der Waals surface area (Å²) < 4.78 is 46.7. The Morgan fingerprint density at radius 3 is 2.28 bits per heavy atom. The number of hydrogen-bond acceptors (Lipinski definition) is 3. The lowest BCUT2D eigenvalue weighted by Gasteiger charge is -2.14. The maximum Gasteiger partial charge on any atom is 0.422 e. The molecule has 0 heterocycles. The van der Waals surface area contributed by atoms with Crippen molar-refractivity contribution >= 4 is 34.8 Å². The van der Waals surface area contributed by atoms with E-state index in [0.717, 1.165) is 0 Å². The number of alkyl halides is 3. The van der Waals surface area contributed by atoms with E-state index < -0.39 is 25.3 Å². The van der Waals surface area contributed by atoms with Crippen molar-refractivity contribution in [2.24, 2.45) is 0 Å². The zero-order valence-corrected chi connectivity index (χ0v) is 14.1. The molecule has 0 aliphatic rings. The number of nitrogens with one attached hydrogen (secondary N) is 1. The Hall–Kier alpha value is -2.12. The van der Waals surface area contributed by atoms with Gasteiger partial charge in [0.15, 0.2) is 19.0 Å². The van der Waals surface area contributed by atoms with Crippen LogP contribution >= 0.6 is 23.2 Å². The predicted octanol–water partition coefficient (Wildman–Crippen LogP) is 4.95. The first-order valence-corrected chi connectivity index (χ1v) is 7.67. The Morgan fingerprint density at radius 2 is 1.64 bits per heavy atom. The van der Waals surface area contributed by atoms with Crippen LogP contribution in [0.5, 0.6) is 11.5 Å². The summed E-state index contributed by atoms with van der Waals surface area (Å²) in [5, 5.41) is 2.88. The molecule has 1 amide bonds. The number of amides is 1. The fourth-order valence-corrected chi connectivity index (χ4v) is 2.31. The summed E-state index contributed by atoms with van der Waals surface area (Å²) in [7, 11) is 0. The van der Waals surface area contributed by atoms with E-state index in [1.54, 1.807) is 24.3 Å². The summed E-state index contributed by atoms with van der Waals surface area (Å²) in [5.74, 6) is -0.578. The molecule has 2 rings (SSSR count). The van der Waals surface area contributed by atoms with Crippen LogP contribution in [0.25, 0.3) is 0 Å². The highest BCUT2D eigenvalue weighted by molar-refractivity contribution is 6.37. The average Bonchev–Trinajstić information content (AvgIpc) is 2.53. The average molecular weight is 394 g/mol. The first-order valence-electron chi connectivity index (χ1n) is 6.91. The number of hydrogen-bond donors (Lipinski definition) is 1. The van der Waals surface area contributed by atoms with Gasteiger partial charge in [-0.25, -0.2) is 0 Å². The summed E-state index contributed by atoms with van der Waals surface area (Å²) in [6.07, 6.45) is -4.49. The minimum atomic E-state index is -4.49. The van der Waals surface area contributed by atoms with Gasteiger partial charge in [0.2, 0.25) is 0 Å². The standard InChI is InChI=1S/C16H12Cl2F3NO3/c17-10-4-3-5-11(18)15(10)24-8-14(23)22-12-6-1-2-7-13(12)25-9-16(19,20)21/h1-7H,8-9H2,(H,22,23). The molecule has 25 heavy (non-hydrogen) atoms. The topological polar surface area (TPSA) is 47.6 Å². The van der Waals surface area contributed by atoms with Gasteiger partial charge in [-0.1, -0.05) is 41.4 Å². The second-order valence-corrected chi connectivity index (χ2v) is 5.60. The summed E-state index contributed by atoms with van der Waals surface area (Å²) >= 11 is 11.8. The number of benzene rings is 2. The fourth-order valence-electron chi connectivity index (χ4n) is 1.80. The number of carbonyl (C=O) groups excluding carboxylic acids is 1. The molecule has 0 spiro atoms. The monoisotopic (exact) mass is 393 g/mol. The molecule has 2 aromatic rings. The molecular weight excluding hydrogens is 382 g/mol. The maximum absolute atomic E-state index is 12.3. The number of carbonyl (C=O) groups is 1. The highest BCUT2D eigenvalue weighted by atomic mass is 35.5. The van der Waals surface area contributed by atoms with Crippen LogP contribution in [-0.2, 0) is 4.79 Å². The summed E-state index contributed by atoms with van der Waals surface area (Å²) in [6, 6.07) is 10.5. The van der Waals surface area contributed by atoms with E-state index >= 15 is 0 Å². The molecule has 0 aliphatic carbocycles. The van der Waals surface area contributed by atoms with Gasteiger partial charge in [-0.3, -0.25) is 4.79 Å². The molecule has 0 saturated carbocycles. The third-order valence-corrected chi connectivity index (χ3v) is 3.41. The molecule has 0 unspecified atom stereocenters. The van der Waals surface area contributed by atoms with E-state index in [4.69, 9.17) is 27.9 Å². The van der Waals surface area contributed by atoms with Crippen LogP contribution in [0.4, 0.5) is 18.9 Å². The van der Waals surface area contributed by atoms with Crippen LogP contribution in [0.1, 0.15) is 0 Å². The van der Waals surface area contributed by atoms with E-state index in [2.05, 4.69) is 10.1 Å². The van der Waals surface area contributed by atoms with E-state index in [1.807, 2.05) is 0 Å². The molecule has 0 bridgehead atoms. The number of rotatable bonds is 6. The van der Waals surface area contributed by atoms with Crippen molar-refractivity contribution in [1.29, 1.82) is 0 Å². The summed E-state index contributed by atoms with van der Waals surface area (Å²) in [4.78, 5) is 12.0. The SMILES string of the molecule is O=C(COc1c(Cl)cccc1Cl)Nc1ccccc1OCC(F)(F)F. The fraction of sp³-hybridized carbons (Fsp3) is 0.188. The van der Waals surface area contributed by atoms with E-state index in [-0.39, 0.29) is 27.2 Å². The van der Waals surface area contributed by atoms with Gasteiger partial charge in [0, 0.05) is 0 Å². The van der Waals surface area contributed by atoms with E-state index in [1.165, 1.54) is 18.2 Å². The highest BCUT2D eigenvalue weighted by Crippen LogP contribution is 2.32. The minimum Gasteiger partial charge on any atom is -0.482 e. The van der Waals surface area contributed by atoms with Gasteiger partial charge in [-0.05, 0) is 24.3 Å². The largest absolute Gasteiger partial charge is 0.482 e. The molecule has 0 aromatic heterocycles. The minimum absolute atomic E-state index is 0.0885. The molecule has 9 heteroatoms. The first kappa shape index (κ1) is 19.2. The number of para-hydroxylation sites is 3. The maximum atomic E-state index is 12.3. The Bertz CT molecular complexity index is 733. The zero-order valence-electron chi connectivity index (χ0n) is 12.6. The number of ether oxygens (including phenoxy) is 2. The summed E-state index contributed by atoms with van der Waals surface area (Å²) in [6.45, 7) is -1.90. The first-order chi connectivity index (χ1) is 11.8. The van der Waals surface area contributed by atoms with Crippen molar-refractivity contribution in [2.75, 3.05) is 18.5 Å². The second kappa shape index (κ2) is 8.31. The molecular formula is C16H12Cl2F3NO3. The summed E-state index contributed by atoms with van der Waals surface area (Å²) in [5.41, 5.74) is 0.0885. The lowest BCUT2D eigenvalue weighted by Crippen LogP contribution is -2.22. The Morgan fingerprint density at radius 1 is 1.00 bits per heavy atom. The van der Waals surface area contributed by atoms with Crippen LogP contribution in [0.3, 0.4) is 0 Å². The van der Waals surface area contributed by atoms with Crippen molar-refractivity contribution in [3.63, 3.8) is 0 Å². The van der Waals surface area contributed by atoms with Crippen LogP contribution in [-0.4, -0.2) is 25.3 Å². The number of halogens is 5. The van der Waals surface area contributed by atoms with Gasteiger partial charge in [-0.15, -0.1) is 0 Å². The third-order valence-electron chi connectivity index (χ3n) is 2.82. The molecule has 2 aromatic carbocycles. The van der Waals surface area contributed by atoms with Crippen LogP contribution < -0.4 is 14.8 Å². The van der Waals surface area contributed by atoms with Crippen molar-refractivity contribution in [3.8, 4) is 11.5 Å². The Balaban J connectivity index is 1.99. The lowest BCUT2D eigenvalue weighted by atomic mass is 10.3. The van der Waals surface area contributed by atoms with Gasteiger partial charge in [0.25, 0.3) is 5.91 Å². The van der Waals surface area contributed by atoms with Gasteiger partial charge in [0.05, 0.1) is 15.7 Å². The quantitative estimate of drug-likeness (QED) is 0.754. The van der Waals surface area contributed by atoms with Crippen molar-refractivity contribution in [1.82, 2.24) is 0 Å². The van der Waals surface area contributed by atoms with Crippen LogP contribution in [0.15, 0.2) is 42.5 Å². The zero-order chi connectivity index (χ0) is 18.4. The van der Waals surface area contributed by atoms with Crippen molar-refractivity contribution in [3.05, 3.63) is 52.5 Å². The Labute approximate surface area is 151 Å². The van der Waals surface area contributed by atoms with Crippen molar-refractivity contribution < 1.29 is 27.4 Å². The molecule has 0 radical (unpaired) electrons. The highest BCUT2D eigenvalue weighted by Gasteiger charge is 2.28. The number of anilines is 1. The van der Waals surface area contributed by atoms with Crippen molar-refractivity contribution in [2.45, 2.75) is 6.18 Å². The van der Waals surface area contributed by atoms with Gasteiger partial charge in [0.1, 0.15) is 5.75 Å². The van der Waals surface area contributed by atoms with Gasteiger partial charge in [-0.2, -0.15) is 13.2 Å². The molecule has 0 fully saturated rings. The van der Waals surface area contributed by atoms with Crippen LogP contribution in [0.2, 0.25) is 10.0 Å². The lowest BCUT2D eigenvalue weighted by molar-refractivity contribution is -0.153. The smallest absolute Gasteiger partial charge is 0.422 e. The van der Waals surface area contributed by atoms with Gasteiger partial charge < -0.3 is 14.8 Å². The third kappa shape index (κ3) is 6.03. The van der Waals surface area contributed by atoms with E-state index in [9.17, 15) is 18.0 Å². The van der Waals surface area contributed by atoms with Gasteiger partial charge >= 0.3 is 6.18 Å². The predicted molar refractivity (Wildman–Crippen MR) is 88.6 cm³/mol. The molecule has 4 nitrogen and oxygen atoms in total. The Kier molecular flexibility index (Phi) is 6.39. The molecule has 0 aliphatic heterocycles. The normalized spacial score (nSPS) is 11.1. The molecule has 0 atom stereocenters. The molecule has 1 N–H and O–H groups in total. The van der Waals surface area contributed by atoms with Crippen LogP contribution in [0, 0.1) is 0 Å². The molecule has 0 saturated heterocycles. The molecule has 134 valence electrons. The van der Waals surface area contributed by atoms with E-state index in [0.29, 0.717) is 0 Å².